The Bertz CT molecular complexity index is 505. The van der Waals surface area contributed by atoms with Crippen LogP contribution in [0.4, 0.5) is 0 Å². The van der Waals surface area contributed by atoms with Gasteiger partial charge in [0.2, 0.25) is 0 Å². The van der Waals surface area contributed by atoms with Gasteiger partial charge in [-0.05, 0) is 24.3 Å². The lowest BCUT2D eigenvalue weighted by molar-refractivity contribution is 0.317. The Hall–Kier alpha value is -1.25. The number of halogens is 1. The molecule has 0 radical (unpaired) electrons. The standard InChI is InChI=1S/C15H17NO.ClH/c1-2-6-14-12(4-1)5-3-7-15(14)17-11-10-16-13-8-9-13;/h1-7,13,16H,8-11H2;1H. The maximum absolute atomic E-state index is 5.83. The first-order valence-corrected chi connectivity index (χ1v) is 6.27. The van der Waals surface area contributed by atoms with E-state index in [1.54, 1.807) is 0 Å². The molecule has 3 rings (SSSR count). The summed E-state index contributed by atoms with van der Waals surface area (Å²) in [5.74, 6) is 0.987. The third-order valence-corrected chi connectivity index (χ3v) is 3.12. The van der Waals surface area contributed by atoms with E-state index in [0.717, 1.165) is 24.9 Å². The number of hydrogen-bond acceptors (Lipinski definition) is 2. The van der Waals surface area contributed by atoms with Crippen LogP contribution in [0.2, 0.25) is 0 Å². The lowest BCUT2D eigenvalue weighted by Crippen LogP contribution is -2.22. The minimum Gasteiger partial charge on any atom is -0.492 e. The van der Waals surface area contributed by atoms with Crippen LogP contribution < -0.4 is 10.1 Å². The molecular formula is C15H18ClNO. The minimum atomic E-state index is 0. The van der Waals surface area contributed by atoms with Crippen LogP contribution >= 0.6 is 12.4 Å². The molecule has 1 N–H and O–H groups in total. The fourth-order valence-electron chi connectivity index (χ4n) is 2.03. The molecule has 1 saturated carbocycles. The highest BCUT2D eigenvalue weighted by Crippen LogP contribution is 2.25. The van der Waals surface area contributed by atoms with Gasteiger partial charge < -0.3 is 10.1 Å². The lowest BCUT2D eigenvalue weighted by atomic mass is 10.1. The maximum atomic E-state index is 5.83. The van der Waals surface area contributed by atoms with E-state index in [1.165, 1.54) is 23.6 Å². The number of ether oxygens (including phenoxy) is 1. The summed E-state index contributed by atoms with van der Waals surface area (Å²) >= 11 is 0. The molecule has 18 heavy (non-hydrogen) atoms. The monoisotopic (exact) mass is 263 g/mol. The predicted molar refractivity (Wildman–Crippen MR) is 77.7 cm³/mol. The average Bonchev–Trinajstić information content (AvgIpc) is 3.19. The van der Waals surface area contributed by atoms with Gasteiger partial charge in [0.05, 0.1) is 0 Å². The summed E-state index contributed by atoms with van der Waals surface area (Å²) in [6.07, 6.45) is 2.66. The molecule has 0 amide bonds. The number of benzene rings is 2. The summed E-state index contributed by atoms with van der Waals surface area (Å²) in [7, 11) is 0. The number of nitrogens with one attached hydrogen (secondary N) is 1. The van der Waals surface area contributed by atoms with Gasteiger partial charge in [0, 0.05) is 18.0 Å². The largest absolute Gasteiger partial charge is 0.492 e. The molecule has 0 atom stereocenters. The smallest absolute Gasteiger partial charge is 0.127 e. The van der Waals surface area contributed by atoms with E-state index in [-0.39, 0.29) is 12.4 Å². The Kier molecular flexibility index (Phi) is 4.45. The molecule has 1 fully saturated rings. The molecule has 1 aliphatic carbocycles. The number of fused-ring (bicyclic) bond motifs is 1. The Labute approximate surface area is 114 Å². The van der Waals surface area contributed by atoms with Gasteiger partial charge in [-0.3, -0.25) is 0 Å². The van der Waals surface area contributed by atoms with Gasteiger partial charge in [0.1, 0.15) is 12.4 Å². The summed E-state index contributed by atoms with van der Waals surface area (Å²) in [6, 6.07) is 15.3. The molecule has 0 bridgehead atoms. The van der Waals surface area contributed by atoms with Crippen molar-refractivity contribution in [2.45, 2.75) is 18.9 Å². The molecule has 0 spiro atoms. The summed E-state index contributed by atoms with van der Waals surface area (Å²) < 4.78 is 5.83. The van der Waals surface area contributed by atoms with Crippen LogP contribution in [0, 0.1) is 0 Å². The van der Waals surface area contributed by atoms with Gasteiger partial charge in [-0.1, -0.05) is 36.4 Å². The third-order valence-electron chi connectivity index (χ3n) is 3.12. The van der Waals surface area contributed by atoms with E-state index in [1.807, 2.05) is 12.1 Å². The summed E-state index contributed by atoms with van der Waals surface area (Å²) in [4.78, 5) is 0. The Morgan fingerprint density at radius 1 is 1.06 bits per heavy atom. The highest BCUT2D eigenvalue weighted by molar-refractivity contribution is 5.88. The van der Waals surface area contributed by atoms with Crippen molar-refractivity contribution in [1.29, 1.82) is 0 Å². The fraction of sp³-hybridized carbons (Fsp3) is 0.333. The number of hydrogen-bond donors (Lipinski definition) is 1. The second kappa shape index (κ2) is 6.07. The van der Waals surface area contributed by atoms with Crippen molar-refractivity contribution in [3.63, 3.8) is 0 Å². The number of rotatable bonds is 5. The minimum absolute atomic E-state index is 0. The maximum Gasteiger partial charge on any atom is 0.127 e. The van der Waals surface area contributed by atoms with Crippen molar-refractivity contribution in [2.24, 2.45) is 0 Å². The summed E-state index contributed by atoms with van der Waals surface area (Å²) in [6.45, 7) is 1.68. The van der Waals surface area contributed by atoms with E-state index < -0.39 is 0 Å². The van der Waals surface area contributed by atoms with Gasteiger partial charge in [-0.2, -0.15) is 0 Å². The summed E-state index contributed by atoms with van der Waals surface area (Å²) in [5, 5.41) is 5.88. The average molecular weight is 264 g/mol. The first-order chi connectivity index (χ1) is 8.43. The van der Waals surface area contributed by atoms with E-state index in [9.17, 15) is 0 Å². The highest BCUT2D eigenvalue weighted by Gasteiger charge is 2.19. The van der Waals surface area contributed by atoms with Gasteiger partial charge in [-0.15, -0.1) is 12.4 Å². The van der Waals surface area contributed by atoms with Gasteiger partial charge in [0.25, 0.3) is 0 Å². The van der Waals surface area contributed by atoms with Crippen LogP contribution in [0.5, 0.6) is 5.75 Å². The highest BCUT2D eigenvalue weighted by atomic mass is 35.5. The molecule has 0 saturated heterocycles. The van der Waals surface area contributed by atoms with Crippen molar-refractivity contribution in [3.05, 3.63) is 42.5 Å². The second-order valence-corrected chi connectivity index (χ2v) is 4.55. The van der Waals surface area contributed by atoms with E-state index in [0.29, 0.717) is 0 Å². The Morgan fingerprint density at radius 3 is 2.67 bits per heavy atom. The molecule has 2 aromatic carbocycles. The zero-order valence-corrected chi connectivity index (χ0v) is 11.1. The Balaban J connectivity index is 0.00000120. The molecule has 1 aliphatic rings. The molecule has 96 valence electrons. The lowest BCUT2D eigenvalue weighted by Gasteiger charge is -2.09. The van der Waals surface area contributed by atoms with Crippen molar-refractivity contribution in [1.82, 2.24) is 5.32 Å². The van der Waals surface area contributed by atoms with E-state index in [2.05, 4.69) is 35.6 Å². The zero-order valence-electron chi connectivity index (χ0n) is 10.3. The zero-order chi connectivity index (χ0) is 11.5. The van der Waals surface area contributed by atoms with Crippen LogP contribution in [-0.4, -0.2) is 19.2 Å². The SMILES string of the molecule is Cl.c1ccc2c(OCCNC3CC3)cccc2c1. The van der Waals surface area contributed by atoms with Gasteiger partial charge >= 0.3 is 0 Å². The molecular weight excluding hydrogens is 246 g/mol. The van der Waals surface area contributed by atoms with Crippen LogP contribution in [-0.2, 0) is 0 Å². The van der Waals surface area contributed by atoms with Crippen LogP contribution in [0.25, 0.3) is 10.8 Å². The molecule has 0 aromatic heterocycles. The normalized spacial score (nSPS) is 14.2. The van der Waals surface area contributed by atoms with Crippen LogP contribution in [0.3, 0.4) is 0 Å². The van der Waals surface area contributed by atoms with Gasteiger partial charge in [-0.25, -0.2) is 0 Å². The molecule has 2 nitrogen and oxygen atoms in total. The molecule has 0 unspecified atom stereocenters. The van der Waals surface area contributed by atoms with E-state index in [4.69, 9.17) is 4.74 Å². The predicted octanol–water partition coefficient (Wildman–Crippen LogP) is 3.39. The molecule has 0 heterocycles. The first-order valence-electron chi connectivity index (χ1n) is 6.27. The third kappa shape index (κ3) is 3.15. The topological polar surface area (TPSA) is 21.3 Å². The van der Waals surface area contributed by atoms with Crippen molar-refractivity contribution in [2.75, 3.05) is 13.2 Å². The molecule has 3 heteroatoms. The van der Waals surface area contributed by atoms with Crippen molar-refractivity contribution >= 4 is 23.2 Å². The molecule has 0 aliphatic heterocycles. The van der Waals surface area contributed by atoms with E-state index >= 15 is 0 Å². The first kappa shape index (κ1) is 13.2. The molecule has 2 aromatic rings. The van der Waals surface area contributed by atoms with Crippen molar-refractivity contribution < 1.29 is 4.74 Å². The second-order valence-electron chi connectivity index (χ2n) is 4.55. The Morgan fingerprint density at radius 2 is 1.83 bits per heavy atom. The van der Waals surface area contributed by atoms with Gasteiger partial charge in [0.15, 0.2) is 0 Å². The quantitative estimate of drug-likeness (QED) is 0.835. The van der Waals surface area contributed by atoms with Crippen LogP contribution in [0.1, 0.15) is 12.8 Å². The van der Waals surface area contributed by atoms with Crippen molar-refractivity contribution in [3.8, 4) is 5.75 Å². The fourth-order valence-corrected chi connectivity index (χ4v) is 2.03. The van der Waals surface area contributed by atoms with Crippen LogP contribution in [0.15, 0.2) is 42.5 Å². The summed E-state index contributed by atoms with van der Waals surface area (Å²) in [5.41, 5.74) is 0.